The van der Waals surface area contributed by atoms with E-state index in [-0.39, 0.29) is 6.04 Å². The molecule has 4 nitrogen and oxygen atoms in total. The molecule has 0 amide bonds. The van der Waals surface area contributed by atoms with Crippen LogP contribution in [0.25, 0.3) is 11.4 Å². The van der Waals surface area contributed by atoms with Gasteiger partial charge in [-0.15, -0.1) is 0 Å². The summed E-state index contributed by atoms with van der Waals surface area (Å²) in [5.41, 5.74) is 5.26. The van der Waals surface area contributed by atoms with Gasteiger partial charge in [-0.2, -0.15) is 0 Å². The number of halogens is 2. The molecular weight excluding hydrogens is 381 g/mol. The van der Waals surface area contributed by atoms with Gasteiger partial charge in [-0.3, -0.25) is 4.90 Å². The third-order valence-electron chi connectivity index (χ3n) is 5.68. The Morgan fingerprint density at radius 3 is 2.85 bits per heavy atom. The average molecular weight is 400 g/mol. The van der Waals surface area contributed by atoms with Gasteiger partial charge in [0.05, 0.1) is 22.5 Å². The minimum Gasteiger partial charge on any atom is -0.387 e. The molecule has 5 rings (SSSR count). The normalized spacial score (nSPS) is 21.9. The van der Waals surface area contributed by atoms with Gasteiger partial charge >= 0.3 is 0 Å². The molecule has 0 fully saturated rings. The lowest BCUT2D eigenvalue weighted by Crippen LogP contribution is -2.41. The standard InChI is InChI=1S/C21H19Cl2N3O/c22-13-6-5-12-9-19(20(27)15(12)10-13)26-8-7-17-18(11-26)25-21(24-17)14-3-1-2-4-16(14)23/h1-6,10,19-20,27H,7-9,11H2,(H,24,25)/t19-,20-/m0/s1. The molecule has 2 aromatic carbocycles. The molecular formula is C21H19Cl2N3O. The number of rotatable bonds is 2. The minimum absolute atomic E-state index is 0.0682. The van der Waals surface area contributed by atoms with Crippen LogP contribution in [0.3, 0.4) is 0 Å². The molecule has 0 radical (unpaired) electrons. The first-order chi connectivity index (χ1) is 13.1. The summed E-state index contributed by atoms with van der Waals surface area (Å²) in [5, 5.41) is 12.2. The predicted molar refractivity (Wildman–Crippen MR) is 107 cm³/mol. The summed E-state index contributed by atoms with van der Waals surface area (Å²) < 4.78 is 0. The van der Waals surface area contributed by atoms with Crippen molar-refractivity contribution in [1.29, 1.82) is 0 Å². The summed E-state index contributed by atoms with van der Waals surface area (Å²) in [6.07, 6.45) is 1.19. The van der Waals surface area contributed by atoms with Crippen LogP contribution in [0.2, 0.25) is 10.0 Å². The van der Waals surface area contributed by atoms with Crippen molar-refractivity contribution in [2.75, 3.05) is 6.54 Å². The van der Waals surface area contributed by atoms with E-state index in [2.05, 4.69) is 9.88 Å². The Bertz CT molecular complexity index is 1020. The van der Waals surface area contributed by atoms with Crippen LogP contribution < -0.4 is 0 Å². The SMILES string of the molecule is O[C@H]1c2cc(Cl)ccc2C[C@@H]1N1CCc2nc(-c3ccccc3Cl)[nH]c2C1. The Hall–Kier alpha value is -1.85. The first-order valence-electron chi connectivity index (χ1n) is 9.13. The Kier molecular flexibility index (Phi) is 4.25. The monoisotopic (exact) mass is 399 g/mol. The van der Waals surface area contributed by atoms with E-state index in [1.54, 1.807) is 0 Å². The largest absolute Gasteiger partial charge is 0.387 e. The van der Waals surface area contributed by atoms with Crippen LogP contribution in [-0.2, 0) is 19.4 Å². The molecule has 1 aromatic heterocycles. The fourth-order valence-corrected chi connectivity index (χ4v) is 4.68. The average Bonchev–Trinajstić information content (AvgIpc) is 3.23. The topological polar surface area (TPSA) is 52.1 Å². The zero-order chi connectivity index (χ0) is 18.5. The molecule has 0 saturated carbocycles. The second-order valence-electron chi connectivity index (χ2n) is 7.27. The highest BCUT2D eigenvalue weighted by atomic mass is 35.5. The summed E-state index contributed by atoms with van der Waals surface area (Å²) in [7, 11) is 0. The Morgan fingerprint density at radius 2 is 2.00 bits per heavy atom. The fourth-order valence-electron chi connectivity index (χ4n) is 4.28. The first-order valence-corrected chi connectivity index (χ1v) is 9.89. The summed E-state index contributed by atoms with van der Waals surface area (Å²) in [6.45, 7) is 1.62. The maximum absolute atomic E-state index is 10.8. The van der Waals surface area contributed by atoms with Gasteiger partial charge in [0.25, 0.3) is 0 Å². The number of aliphatic hydroxyl groups excluding tert-OH is 1. The van der Waals surface area contributed by atoms with E-state index in [0.717, 1.165) is 54.3 Å². The van der Waals surface area contributed by atoms with E-state index < -0.39 is 6.10 Å². The smallest absolute Gasteiger partial charge is 0.139 e. The van der Waals surface area contributed by atoms with Crippen LogP contribution in [0.15, 0.2) is 42.5 Å². The van der Waals surface area contributed by atoms with Crippen molar-refractivity contribution in [1.82, 2.24) is 14.9 Å². The van der Waals surface area contributed by atoms with Crippen molar-refractivity contribution in [2.24, 2.45) is 0 Å². The van der Waals surface area contributed by atoms with Crippen molar-refractivity contribution in [3.05, 3.63) is 75.0 Å². The molecule has 6 heteroatoms. The van der Waals surface area contributed by atoms with E-state index in [1.165, 1.54) is 5.56 Å². The second kappa shape index (κ2) is 6.64. The number of aromatic nitrogens is 2. The molecule has 0 bridgehead atoms. The highest BCUT2D eigenvalue weighted by molar-refractivity contribution is 6.33. The zero-order valence-electron chi connectivity index (χ0n) is 14.6. The number of hydrogen-bond donors (Lipinski definition) is 2. The lowest BCUT2D eigenvalue weighted by atomic mass is 10.1. The lowest BCUT2D eigenvalue weighted by molar-refractivity contribution is 0.0517. The number of aromatic amines is 1. The maximum Gasteiger partial charge on any atom is 0.139 e. The summed E-state index contributed by atoms with van der Waals surface area (Å²) >= 11 is 12.4. The van der Waals surface area contributed by atoms with E-state index in [1.807, 2.05) is 42.5 Å². The van der Waals surface area contributed by atoms with Crippen molar-refractivity contribution < 1.29 is 5.11 Å². The molecule has 1 aliphatic heterocycles. The number of fused-ring (bicyclic) bond motifs is 2. The van der Waals surface area contributed by atoms with Gasteiger partial charge in [-0.05, 0) is 41.8 Å². The van der Waals surface area contributed by atoms with Gasteiger partial charge in [0.2, 0.25) is 0 Å². The van der Waals surface area contributed by atoms with Crippen LogP contribution in [-0.4, -0.2) is 32.6 Å². The van der Waals surface area contributed by atoms with Crippen LogP contribution in [0.1, 0.15) is 28.6 Å². The molecule has 1 aliphatic carbocycles. The van der Waals surface area contributed by atoms with E-state index in [0.29, 0.717) is 10.0 Å². The Morgan fingerprint density at radius 1 is 1.15 bits per heavy atom. The van der Waals surface area contributed by atoms with Gasteiger partial charge in [-0.1, -0.05) is 41.4 Å². The van der Waals surface area contributed by atoms with Crippen LogP contribution in [0, 0.1) is 0 Å². The number of imidazole rings is 1. The molecule has 3 aromatic rings. The first kappa shape index (κ1) is 17.3. The number of benzene rings is 2. The Labute approximate surface area is 167 Å². The second-order valence-corrected chi connectivity index (χ2v) is 8.11. The highest BCUT2D eigenvalue weighted by Gasteiger charge is 2.37. The fraction of sp³-hybridized carbons (Fsp3) is 0.286. The quantitative estimate of drug-likeness (QED) is 0.671. The molecule has 27 heavy (non-hydrogen) atoms. The highest BCUT2D eigenvalue weighted by Crippen LogP contribution is 2.38. The van der Waals surface area contributed by atoms with Crippen LogP contribution >= 0.6 is 23.2 Å². The molecule has 0 saturated heterocycles. The van der Waals surface area contributed by atoms with Crippen LogP contribution in [0.4, 0.5) is 0 Å². The maximum atomic E-state index is 10.8. The number of H-pyrrole nitrogens is 1. The molecule has 2 heterocycles. The molecule has 2 aliphatic rings. The number of nitrogens with zero attached hydrogens (tertiary/aromatic N) is 2. The van der Waals surface area contributed by atoms with Gasteiger partial charge in [0, 0.05) is 36.1 Å². The predicted octanol–water partition coefficient (Wildman–Crippen LogP) is 4.40. The van der Waals surface area contributed by atoms with Crippen molar-refractivity contribution >= 4 is 23.2 Å². The van der Waals surface area contributed by atoms with Gasteiger partial charge in [0.15, 0.2) is 0 Å². The van der Waals surface area contributed by atoms with E-state index in [9.17, 15) is 5.11 Å². The molecule has 0 unspecified atom stereocenters. The van der Waals surface area contributed by atoms with E-state index >= 15 is 0 Å². The molecule has 2 atom stereocenters. The van der Waals surface area contributed by atoms with Gasteiger partial charge in [-0.25, -0.2) is 4.98 Å². The van der Waals surface area contributed by atoms with Gasteiger partial charge < -0.3 is 10.1 Å². The third kappa shape index (κ3) is 2.97. The molecule has 0 spiro atoms. The number of aliphatic hydroxyl groups is 1. The summed E-state index contributed by atoms with van der Waals surface area (Å²) in [5.74, 6) is 0.814. The minimum atomic E-state index is -0.508. The number of hydrogen-bond acceptors (Lipinski definition) is 3. The van der Waals surface area contributed by atoms with Gasteiger partial charge in [0.1, 0.15) is 5.82 Å². The zero-order valence-corrected chi connectivity index (χ0v) is 16.1. The van der Waals surface area contributed by atoms with E-state index in [4.69, 9.17) is 28.2 Å². The van der Waals surface area contributed by atoms with Crippen molar-refractivity contribution in [3.8, 4) is 11.4 Å². The molecule has 2 N–H and O–H groups in total. The lowest BCUT2D eigenvalue weighted by Gasteiger charge is -2.33. The van der Waals surface area contributed by atoms with Crippen molar-refractivity contribution in [2.45, 2.75) is 31.5 Å². The third-order valence-corrected chi connectivity index (χ3v) is 6.24. The number of nitrogens with one attached hydrogen (secondary N) is 1. The van der Waals surface area contributed by atoms with Crippen molar-refractivity contribution in [3.63, 3.8) is 0 Å². The summed E-state index contributed by atoms with van der Waals surface area (Å²) in [4.78, 5) is 10.6. The summed E-state index contributed by atoms with van der Waals surface area (Å²) in [6, 6.07) is 13.6. The van der Waals surface area contributed by atoms with Crippen LogP contribution in [0.5, 0.6) is 0 Å². The Balaban J connectivity index is 1.40. The molecule has 138 valence electrons.